The number of hydrogen-bond acceptors (Lipinski definition) is 3. The van der Waals surface area contributed by atoms with E-state index in [0.29, 0.717) is 12.1 Å². The van der Waals surface area contributed by atoms with Crippen molar-refractivity contribution >= 4 is 11.8 Å². The van der Waals surface area contributed by atoms with Crippen LogP contribution in [0.2, 0.25) is 0 Å². The van der Waals surface area contributed by atoms with Crippen LogP contribution >= 0.6 is 0 Å². The molecule has 5 heteroatoms. The zero-order valence-electron chi connectivity index (χ0n) is 10.8. The summed E-state index contributed by atoms with van der Waals surface area (Å²) in [5.41, 5.74) is 1.53. The lowest BCUT2D eigenvalue weighted by atomic mass is 10.1. The quantitative estimate of drug-likeness (QED) is 0.808. The van der Waals surface area contributed by atoms with Crippen LogP contribution in [0.5, 0.6) is 0 Å². The van der Waals surface area contributed by atoms with Gasteiger partial charge in [-0.1, -0.05) is 12.1 Å². The van der Waals surface area contributed by atoms with E-state index in [4.69, 9.17) is 4.74 Å². The van der Waals surface area contributed by atoms with Gasteiger partial charge in [0.25, 0.3) is 5.91 Å². The summed E-state index contributed by atoms with van der Waals surface area (Å²) >= 11 is 0. The molecular weight excluding hydrogens is 232 g/mol. The van der Waals surface area contributed by atoms with Crippen molar-refractivity contribution in [2.24, 2.45) is 0 Å². The summed E-state index contributed by atoms with van der Waals surface area (Å²) in [6.07, 6.45) is -0.463. The standard InChI is InChI=1S/C13H18N2O3/c1-9(18-3)12(16)15-8-10-4-6-11(7-5-10)13(17)14-2/h4-7,9H,8H2,1-3H3,(H,14,17)(H,15,16). The van der Waals surface area contributed by atoms with Gasteiger partial charge < -0.3 is 15.4 Å². The van der Waals surface area contributed by atoms with Gasteiger partial charge in [-0.05, 0) is 24.6 Å². The number of methoxy groups -OCH3 is 1. The number of carbonyl (C=O) groups is 2. The second kappa shape index (κ2) is 6.76. The molecule has 0 aliphatic carbocycles. The SMILES string of the molecule is CNC(=O)c1ccc(CNC(=O)C(C)OC)cc1. The van der Waals surface area contributed by atoms with E-state index in [9.17, 15) is 9.59 Å². The average molecular weight is 250 g/mol. The summed E-state index contributed by atoms with van der Waals surface area (Å²) in [4.78, 5) is 22.8. The summed E-state index contributed by atoms with van der Waals surface area (Å²) in [5, 5.41) is 5.30. The third-order valence-electron chi connectivity index (χ3n) is 2.63. The van der Waals surface area contributed by atoms with Crippen LogP contribution in [0.1, 0.15) is 22.8 Å². The molecule has 98 valence electrons. The molecule has 1 rings (SSSR count). The molecular formula is C13H18N2O3. The first-order chi connectivity index (χ1) is 8.58. The Hall–Kier alpha value is -1.88. The molecule has 0 bridgehead atoms. The minimum Gasteiger partial charge on any atom is -0.372 e. The predicted octanol–water partition coefficient (Wildman–Crippen LogP) is 0.697. The van der Waals surface area contributed by atoms with Crippen LogP contribution in [0, 0.1) is 0 Å². The molecule has 0 fully saturated rings. The van der Waals surface area contributed by atoms with Crippen LogP contribution in [0.4, 0.5) is 0 Å². The van der Waals surface area contributed by atoms with E-state index in [-0.39, 0.29) is 11.8 Å². The lowest BCUT2D eigenvalue weighted by Crippen LogP contribution is -2.33. The topological polar surface area (TPSA) is 67.4 Å². The van der Waals surface area contributed by atoms with Crippen LogP contribution in [-0.4, -0.2) is 32.1 Å². The summed E-state index contributed by atoms with van der Waals surface area (Å²) in [6.45, 7) is 2.10. The highest BCUT2D eigenvalue weighted by Crippen LogP contribution is 2.04. The van der Waals surface area contributed by atoms with Gasteiger partial charge in [0.2, 0.25) is 5.91 Å². The minimum atomic E-state index is -0.463. The minimum absolute atomic E-state index is 0.126. The maximum absolute atomic E-state index is 11.5. The third-order valence-corrected chi connectivity index (χ3v) is 2.63. The van der Waals surface area contributed by atoms with Crippen LogP contribution in [0.3, 0.4) is 0 Å². The number of ether oxygens (including phenoxy) is 1. The molecule has 0 aromatic heterocycles. The second-order valence-electron chi connectivity index (χ2n) is 3.87. The Morgan fingerprint density at radius 3 is 2.39 bits per heavy atom. The number of benzene rings is 1. The average Bonchev–Trinajstić information content (AvgIpc) is 2.43. The van der Waals surface area contributed by atoms with Crippen molar-refractivity contribution in [1.82, 2.24) is 10.6 Å². The van der Waals surface area contributed by atoms with E-state index >= 15 is 0 Å². The second-order valence-corrected chi connectivity index (χ2v) is 3.87. The fourth-order valence-corrected chi connectivity index (χ4v) is 1.36. The fraction of sp³-hybridized carbons (Fsp3) is 0.385. The molecule has 0 aliphatic rings. The first-order valence-electron chi connectivity index (χ1n) is 5.70. The van der Waals surface area contributed by atoms with E-state index in [2.05, 4.69) is 10.6 Å². The molecule has 2 amide bonds. The summed E-state index contributed by atoms with van der Waals surface area (Å²) in [7, 11) is 3.07. The number of nitrogens with one attached hydrogen (secondary N) is 2. The molecule has 2 N–H and O–H groups in total. The molecule has 5 nitrogen and oxygen atoms in total. The van der Waals surface area contributed by atoms with Crippen molar-refractivity contribution in [2.75, 3.05) is 14.2 Å². The number of carbonyl (C=O) groups excluding carboxylic acids is 2. The van der Waals surface area contributed by atoms with Crippen molar-refractivity contribution < 1.29 is 14.3 Å². The van der Waals surface area contributed by atoms with Crippen LogP contribution in [0.15, 0.2) is 24.3 Å². The van der Waals surface area contributed by atoms with Gasteiger partial charge in [-0.25, -0.2) is 0 Å². The highest BCUT2D eigenvalue weighted by molar-refractivity contribution is 5.93. The molecule has 0 aliphatic heterocycles. The maximum Gasteiger partial charge on any atom is 0.251 e. The molecule has 0 saturated heterocycles. The van der Waals surface area contributed by atoms with Crippen molar-refractivity contribution in [1.29, 1.82) is 0 Å². The van der Waals surface area contributed by atoms with Crippen molar-refractivity contribution in [3.05, 3.63) is 35.4 Å². The van der Waals surface area contributed by atoms with Gasteiger partial charge >= 0.3 is 0 Å². The van der Waals surface area contributed by atoms with Crippen molar-refractivity contribution in [3.8, 4) is 0 Å². The number of hydrogen-bond donors (Lipinski definition) is 2. The lowest BCUT2D eigenvalue weighted by Gasteiger charge is -2.10. The van der Waals surface area contributed by atoms with E-state index < -0.39 is 6.10 Å². The summed E-state index contributed by atoms with van der Waals surface area (Å²) in [5.74, 6) is -0.286. The summed E-state index contributed by atoms with van der Waals surface area (Å²) in [6, 6.07) is 7.06. The Labute approximate surface area is 107 Å². The fourth-order valence-electron chi connectivity index (χ4n) is 1.36. The molecule has 0 radical (unpaired) electrons. The van der Waals surface area contributed by atoms with Crippen LogP contribution < -0.4 is 10.6 Å². The monoisotopic (exact) mass is 250 g/mol. The van der Waals surface area contributed by atoms with Gasteiger partial charge in [0.1, 0.15) is 6.10 Å². The van der Waals surface area contributed by atoms with E-state index in [1.807, 2.05) is 12.1 Å². The van der Waals surface area contributed by atoms with E-state index in [0.717, 1.165) is 5.56 Å². The van der Waals surface area contributed by atoms with Gasteiger partial charge in [-0.3, -0.25) is 9.59 Å². The molecule has 0 heterocycles. The normalized spacial score (nSPS) is 11.7. The van der Waals surface area contributed by atoms with Crippen LogP contribution in [-0.2, 0) is 16.1 Å². The van der Waals surface area contributed by atoms with Gasteiger partial charge in [0.15, 0.2) is 0 Å². The maximum atomic E-state index is 11.5. The van der Waals surface area contributed by atoms with E-state index in [1.54, 1.807) is 26.1 Å². The Morgan fingerprint density at radius 1 is 1.28 bits per heavy atom. The van der Waals surface area contributed by atoms with Gasteiger partial charge in [-0.15, -0.1) is 0 Å². The molecule has 0 spiro atoms. The molecule has 1 aromatic rings. The van der Waals surface area contributed by atoms with Crippen LogP contribution in [0.25, 0.3) is 0 Å². The summed E-state index contributed by atoms with van der Waals surface area (Å²) < 4.78 is 4.90. The number of amides is 2. The Balaban J connectivity index is 2.54. The molecule has 1 aromatic carbocycles. The molecule has 1 unspecified atom stereocenters. The lowest BCUT2D eigenvalue weighted by molar-refractivity contribution is -0.130. The molecule has 0 saturated carbocycles. The third kappa shape index (κ3) is 3.85. The van der Waals surface area contributed by atoms with Crippen molar-refractivity contribution in [3.63, 3.8) is 0 Å². The molecule has 1 atom stereocenters. The first-order valence-corrected chi connectivity index (χ1v) is 5.70. The smallest absolute Gasteiger partial charge is 0.251 e. The van der Waals surface area contributed by atoms with Crippen molar-refractivity contribution in [2.45, 2.75) is 19.6 Å². The first kappa shape index (κ1) is 14.2. The molecule has 18 heavy (non-hydrogen) atoms. The van der Waals surface area contributed by atoms with Gasteiger partial charge in [-0.2, -0.15) is 0 Å². The highest BCUT2D eigenvalue weighted by Gasteiger charge is 2.10. The highest BCUT2D eigenvalue weighted by atomic mass is 16.5. The Morgan fingerprint density at radius 2 is 1.89 bits per heavy atom. The Bertz CT molecular complexity index is 415. The Kier molecular flexibility index (Phi) is 5.32. The zero-order valence-corrected chi connectivity index (χ0v) is 10.8. The predicted molar refractivity (Wildman–Crippen MR) is 68.1 cm³/mol. The number of rotatable bonds is 5. The zero-order chi connectivity index (χ0) is 13.5. The van der Waals surface area contributed by atoms with Gasteiger partial charge in [0.05, 0.1) is 0 Å². The largest absolute Gasteiger partial charge is 0.372 e. The van der Waals surface area contributed by atoms with Gasteiger partial charge in [0, 0.05) is 26.3 Å². The van der Waals surface area contributed by atoms with E-state index in [1.165, 1.54) is 7.11 Å².